The van der Waals surface area contributed by atoms with E-state index < -0.39 is 10.0 Å². The number of nitrogens with zero attached hydrogens (tertiary/aromatic N) is 3. The molecule has 0 atom stereocenters. The number of aromatic nitrogens is 4. The van der Waals surface area contributed by atoms with Crippen molar-refractivity contribution in [3.05, 3.63) is 54.7 Å². The topological polar surface area (TPSA) is 148 Å². The predicted octanol–water partition coefficient (Wildman–Crippen LogP) is 2.50. The van der Waals surface area contributed by atoms with Crippen molar-refractivity contribution in [2.45, 2.75) is 4.90 Å². The minimum atomic E-state index is -3.80. The number of hydrogen-bond acceptors (Lipinski definition) is 8. The lowest BCUT2D eigenvalue weighted by Gasteiger charge is -2.08. The minimum Gasteiger partial charge on any atom is -0.497 e. The normalized spacial score (nSPS) is 11.4. The number of nitrogens with one attached hydrogen (secondary N) is 3. The van der Waals surface area contributed by atoms with Crippen molar-refractivity contribution in [3.63, 3.8) is 0 Å². The fourth-order valence-electron chi connectivity index (χ4n) is 2.71. The molecule has 0 unspecified atom stereocenters. The number of sulfonamides is 1. The summed E-state index contributed by atoms with van der Waals surface area (Å²) >= 11 is 0. The first-order valence-electron chi connectivity index (χ1n) is 8.44. The molecule has 0 amide bonds. The molecular weight excluding hydrogens is 394 g/mol. The zero-order valence-corrected chi connectivity index (χ0v) is 16.1. The molecule has 0 saturated carbocycles. The molecule has 0 fully saturated rings. The van der Waals surface area contributed by atoms with E-state index in [1.807, 2.05) is 18.2 Å². The summed E-state index contributed by atoms with van der Waals surface area (Å²) in [6.07, 6.45) is 1.57. The average Bonchev–Trinajstić information content (AvgIpc) is 3.10. The Morgan fingerprint density at radius 3 is 2.76 bits per heavy atom. The van der Waals surface area contributed by atoms with Crippen LogP contribution in [0.5, 0.6) is 5.75 Å². The molecule has 4 rings (SSSR count). The Bertz CT molecular complexity index is 1290. The first kappa shape index (κ1) is 18.7. The van der Waals surface area contributed by atoms with Crippen LogP contribution in [0.2, 0.25) is 0 Å². The van der Waals surface area contributed by atoms with Crippen LogP contribution in [-0.4, -0.2) is 35.7 Å². The Morgan fingerprint density at radius 1 is 1.10 bits per heavy atom. The van der Waals surface area contributed by atoms with E-state index in [2.05, 4.69) is 30.8 Å². The summed E-state index contributed by atoms with van der Waals surface area (Å²) in [6.45, 7) is 0. The van der Waals surface area contributed by atoms with Crippen molar-refractivity contribution < 1.29 is 13.2 Å². The first-order valence-corrected chi connectivity index (χ1v) is 9.99. The third kappa shape index (κ3) is 4.10. The number of hydrogen-bond donors (Lipinski definition) is 4. The molecule has 2 heterocycles. The fourth-order valence-corrected chi connectivity index (χ4v) is 3.26. The number of H-pyrrole nitrogens is 1. The van der Waals surface area contributed by atoms with Crippen molar-refractivity contribution in [3.8, 4) is 5.75 Å². The van der Waals surface area contributed by atoms with Gasteiger partial charge in [-0.25, -0.2) is 18.5 Å². The van der Waals surface area contributed by atoms with Gasteiger partial charge in [0.2, 0.25) is 16.0 Å². The van der Waals surface area contributed by atoms with Crippen LogP contribution in [0.3, 0.4) is 0 Å². The number of ether oxygens (including phenoxy) is 1. The summed E-state index contributed by atoms with van der Waals surface area (Å²) in [7, 11) is -2.20. The van der Waals surface area contributed by atoms with Crippen LogP contribution in [0.25, 0.3) is 10.9 Å². The molecular formula is C18H17N7O3S. The third-order valence-corrected chi connectivity index (χ3v) is 5.00. The van der Waals surface area contributed by atoms with Gasteiger partial charge in [0.05, 0.1) is 17.5 Å². The molecule has 0 saturated heterocycles. The highest BCUT2D eigenvalue weighted by atomic mass is 32.2. The predicted molar refractivity (Wildman–Crippen MR) is 109 cm³/mol. The summed E-state index contributed by atoms with van der Waals surface area (Å²) < 4.78 is 28.3. The Morgan fingerprint density at radius 2 is 1.97 bits per heavy atom. The molecule has 4 aromatic rings. The van der Waals surface area contributed by atoms with E-state index in [0.717, 1.165) is 10.9 Å². The number of rotatable bonds is 6. The van der Waals surface area contributed by atoms with Gasteiger partial charge in [-0.3, -0.25) is 5.10 Å². The maximum Gasteiger partial charge on any atom is 0.238 e. The van der Waals surface area contributed by atoms with Gasteiger partial charge in [0, 0.05) is 17.3 Å². The monoisotopic (exact) mass is 411 g/mol. The zero-order chi connectivity index (χ0) is 20.4. The molecule has 29 heavy (non-hydrogen) atoms. The number of nitrogens with two attached hydrogens (primary N) is 1. The van der Waals surface area contributed by atoms with Crippen LogP contribution in [0.4, 0.5) is 23.3 Å². The van der Waals surface area contributed by atoms with Gasteiger partial charge < -0.3 is 15.4 Å². The van der Waals surface area contributed by atoms with Gasteiger partial charge >= 0.3 is 0 Å². The number of methoxy groups -OCH3 is 1. The van der Waals surface area contributed by atoms with Crippen LogP contribution in [0, 0.1) is 0 Å². The molecule has 5 N–H and O–H groups in total. The molecule has 148 valence electrons. The average molecular weight is 411 g/mol. The van der Waals surface area contributed by atoms with Crippen LogP contribution >= 0.6 is 0 Å². The van der Waals surface area contributed by atoms with E-state index in [-0.39, 0.29) is 10.8 Å². The summed E-state index contributed by atoms with van der Waals surface area (Å²) in [5, 5.41) is 19.3. The number of aromatic amines is 1. The number of fused-ring (bicyclic) bond motifs is 1. The molecule has 10 nitrogen and oxygen atoms in total. The second kappa shape index (κ2) is 7.37. The third-order valence-electron chi connectivity index (χ3n) is 4.09. The largest absolute Gasteiger partial charge is 0.497 e. The van der Waals surface area contributed by atoms with E-state index in [0.29, 0.717) is 23.1 Å². The summed E-state index contributed by atoms with van der Waals surface area (Å²) in [6, 6.07) is 13.3. The molecule has 2 aromatic heterocycles. The molecule has 0 radical (unpaired) electrons. The zero-order valence-electron chi connectivity index (χ0n) is 15.2. The quantitative estimate of drug-likeness (QED) is 0.378. The fraction of sp³-hybridized carbons (Fsp3) is 0.0556. The van der Waals surface area contributed by atoms with Gasteiger partial charge in [-0.2, -0.15) is 10.1 Å². The number of benzene rings is 2. The van der Waals surface area contributed by atoms with Crippen LogP contribution in [0.1, 0.15) is 0 Å². The van der Waals surface area contributed by atoms with Crippen molar-refractivity contribution in [1.82, 2.24) is 20.2 Å². The SMILES string of the molecule is COc1ccc2[nH]nc(Nc3ccnc(Nc4cccc(S(N)(=O)=O)c4)n3)c2c1. The molecule has 2 aromatic carbocycles. The van der Waals surface area contributed by atoms with Crippen LogP contribution in [-0.2, 0) is 10.0 Å². The molecule has 0 aliphatic heterocycles. The summed E-state index contributed by atoms with van der Waals surface area (Å²) in [5.41, 5.74) is 1.34. The maximum atomic E-state index is 11.5. The Labute approximate surface area is 166 Å². The second-order valence-corrected chi connectivity index (χ2v) is 7.63. The maximum absolute atomic E-state index is 11.5. The molecule has 11 heteroatoms. The van der Waals surface area contributed by atoms with Gasteiger partial charge in [0.25, 0.3) is 0 Å². The van der Waals surface area contributed by atoms with Crippen molar-refractivity contribution in [1.29, 1.82) is 0 Å². The van der Waals surface area contributed by atoms with Crippen LogP contribution in [0.15, 0.2) is 59.6 Å². The lowest BCUT2D eigenvalue weighted by atomic mass is 10.2. The van der Waals surface area contributed by atoms with E-state index in [9.17, 15) is 8.42 Å². The lowest BCUT2D eigenvalue weighted by molar-refractivity contribution is 0.415. The number of primary sulfonamides is 1. The van der Waals surface area contributed by atoms with Gasteiger partial charge in [0.15, 0.2) is 5.82 Å². The molecule has 0 aliphatic rings. The minimum absolute atomic E-state index is 0.00582. The van der Waals surface area contributed by atoms with E-state index >= 15 is 0 Å². The highest BCUT2D eigenvalue weighted by Gasteiger charge is 2.10. The molecule has 0 aliphatic carbocycles. The van der Waals surface area contributed by atoms with Gasteiger partial charge in [-0.05, 0) is 42.5 Å². The van der Waals surface area contributed by atoms with Crippen molar-refractivity contribution in [2.75, 3.05) is 17.7 Å². The van der Waals surface area contributed by atoms with Crippen molar-refractivity contribution in [2.24, 2.45) is 5.14 Å². The highest BCUT2D eigenvalue weighted by Crippen LogP contribution is 2.27. The Balaban J connectivity index is 1.58. The molecule has 0 bridgehead atoms. The Kier molecular flexibility index (Phi) is 4.74. The summed E-state index contributed by atoms with van der Waals surface area (Å²) in [5.74, 6) is 2.07. The van der Waals surface area contributed by atoms with Gasteiger partial charge in [0.1, 0.15) is 11.6 Å². The molecule has 0 spiro atoms. The van der Waals surface area contributed by atoms with E-state index in [4.69, 9.17) is 9.88 Å². The highest BCUT2D eigenvalue weighted by molar-refractivity contribution is 7.89. The first-order chi connectivity index (χ1) is 13.9. The number of anilines is 4. The van der Waals surface area contributed by atoms with E-state index in [1.54, 1.807) is 31.5 Å². The lowest BCUT2D eigenvalue weighted by Crippen LogP contribution is -2.12. The smallest absolute Gasteiger partial charge is 0.238 e. The second-order valence-electron chi connectivity index (χ2n) is 6.07. The standard InChI is InChI=1S/C18H17N7O3S/c1-28-12-5-6-15-14(10-12)17(25-24-15)22-16-7-8-20-18(23-16)21-11-3-2-4-13(9-11)29(19,26)27/h2-10H,1H3,(H2,19,26,27)(H3,20,21,22,23,24,25). The van der Waals surface area contributed by atoms with Gasteiger partial charge in [-0.15, -0.1) is 0 Å². The van der Waals surface area contributed by atoms with E-state index in [1.165, 1.54) is 12.1 Å². The Hall–Kier alpha value is -3.70. The van der Waals surface area contributed by atoms with Crippen LogP contribution < -0.4 is 20.5 Å². The van der Waals surface area contributed by atoms with Crippen molar-refractivity contribution >= 4 is 44.2 Å². The van der Waals surface area contributed by atoms with Gasteiger partial charge in [-0.1, -0.05) is 6.07 Å². The summed E-state index contributed by atoms with van der Waals surface area (Å²) in [4.78, 5) is 8.53.